The summed E-state index contributed by atoms with van der Waals surface area (Å²) in [4.78, 5) is 8.00. The highest BCUT2D eigenvalue weighted by Gasteiger charge is 1.80. The van der Waals surface area contributed by atoms with E-state index in [2.05, 4.69) is 6.92 Å². The molecule has 0 atom stereocenters. The van der Waals surface area contributed by atoms with Gasteiger partial charge in [-0.25, -0.2) is 0 Å². The summed E-state index contributed by atoms with van der Waals surface area (Å²) in [5, 5.41) is 0. The molecule has 0 rings (SSSR count). The quantitative estimate of drug-likeness (QED) is 0.735. The maximum Gasteiger partial charge on any atom is 0.106 e. The third kappa shape index (κ3) is 106. The van der Waals surface area contributed by atoms with Crippen molar-refractivity contribution in [3.8, 4) is 0 Å². The first kappa shape index (κ1) is 23.3. The Bertz CT molecular complexity index is 55.3. The molecule has 0 fully saturated rings. The number of hydrogen-bond donors (Lipinski definition) is 1. The Morgan fingerprint density at radius 1 is 1.07 bits per heavy atom. The van der Waals surface area contributed by atoms with Crippen LogP contribution in [0, 0.1) is 0 Å². The molecule has 0 aromatic carbocycles. The second-order valence-electron chi connectivity index (χ2n) is 2.12. The van der Waals surface area contributed by atoms with Gasteiger partial charge >= 0.3 is 0 Å². The number of rotatable bonds is 4. The lowest BCUT2D eigenvalue weighted by atomic mass is 10.2. The largest absolute Gasteiger partial charge is 0.330 e. The van der Waals surface area contributed by atoms with Crippen LogP contribution in [0.4, 0.5) is 13.5 Å². The fraction of sp³-hybridized carbons (Fsp3) is 0.889. The first-order chi connectivity index (χ1) is 6.83. The van der Waals surface area contributed by atoms with Crippen LogP contribution in [-0.4, -0.2) is 20.0 Å². The van der Waals surface area contributed by atoms with E-state index in [0.717, 1.165) is 6.54 Å². The van der Waals surface area contributed by atoms with Crippen molar-refractivity contribution in [2.24, 2.45) is 5.73 Å². The van der Waals surface area contributed by atoms with E-state index >= 15 is 0 Å². The molecule has 0 spiro atoms. The summed E-state index contributed by atoms with van der Waals surface area (Å²) < 4.78 is 26.3. The van der Waals surface area contributed by atoms with Crippen LogP contribution in [0.15, 0.2) is 0 Å². The molecule has 5 heteroatoms. The standard InChI is InChI=1S/C6H15N.C2H5F.CH2O.F2/c1-2-3-4-5-6-7;1-2-3;2*1-2/h2-7H2,1H3;2H2,1H3;1H2;. The normalized spacial score (nSPS) is 6.71. The second kappa shape index (κ2) is 55.1. The molecule has 0 aliphatic rings. The minimum Gasteiger partial charge on any atom is -0.330 e. The number of nitrogens with two attached hydrogens (primary N) is 1. The molecular formula is C9H22F3NO. The van der Waals surface area contributed by atoms with E-state index in [0.29, 0.717) is 0 Å². The zero-order valence-electron chi connectivity index (χ0n) is 9.07. The number of carbonyl (C=O) groups excluding carboxylic acids is 1. The molecule has 0 aromatic rings. The highest BCUT2D eigenvalue weighted by atomic mass is 20.0. The molecule has 0 aliphatic carbocycles. The number of alkyl halides is 1. The van der Waals surface area contributed by atoms with Crippen molar-refractivity contribution in [2.45, 2.75) is 39.5 Å². The van der Waals surface area contributed by atoms with Gasteiger partial charge in [0, 0.05) is 9.15 Å². The third-order valence-electron chi connectivity index (χ3n) is 1.06. The second-order valence-corrected chi connectivity index (χ2v) is 2.12. The van der Waals surface area contributed by atoms with Crippen LogP contribution >= 0.6 is 0 Å². The van der Waals surface area contributed by atoms with Crippen molar-refractivity contribution >= 4 is 6.79 Å². The Labute approximate surface area is 84.5 Å². The molecule has 0 amide bonds. The van der Waals surface area contributed by atoms with Crippen LogP contribution in [0.25, 0.3) is 0 Å². The van der Waals surface area contributed by atoms with Crippen molar-refractivity contribution in [1.29, 1.82) is 0 Å². The molecule has 2 nitrogen and oxygen atoms in total. The van der Waals surface area contributed by atoms with Crippen molar-refractivity contribution in [3.63, 3.8) is 0 Å². The summed E-state index contributed by atoms with van der Waals surface area (Å²) in [5.41, 5.74) is 5.27. The number of carbonyl (C=O) groups is 1. The molecule has 0 saturated carbocycles. The minimum atomic E-state index is -0.250. The van der Waals surface area contributed by atoms with Gasteiger partial charge in [-0.1, -0.05) is 26.2 Å². The van der Waals surface area contributed by atoms with Crippen LogP contribution in [0.3, 0.4) is 0 Å². The van der Waals surface area contributed by atoms with E-state index in [4.69, 9.17) is 19.7 Å². The van der Waals surface area contributed by atoms with Gasteiger partial charge in [-0.3, -0.25) is 4.39 Å². The van der Waals surface area contributed by atoms with Crippen molar-refractivity contribution in [1.82, 2.24) is 0 Å². The van der Waals surface area contributed by atoms with E-state index in [9.17, 15) is 4.39 Å². The van der Waals surface area contributed by atoms with Crippen molar-refractivity contribution < 1.29 is 18.3 Å². The van der Waals surface area contributed by atoms with Gasteiger partial charge in [0.15, 0.2) is 0 Å². The summed E-state index contributed by atoms with van der Waals surface area (Å²) >= 11 is 0. The highest BCUT2D eigenvalue weighted by molar-refractivity contribution is 5.10. The van der Waals surface area contributed by atoms with Crippen molar-refractivity contribution in [2.75, 3.05) is 13.2 Å². The zero-order valence-corrected chi connectivity index (χ0v) is 9.07. The maximum absolute atomic E-state index is 10.3. The summed E-state index contributed by atoms with van der Waals surface area (Å²) in [5.74, 6) is 0. The van der Waals surface area contributed by atoms with Gasteiger partial charge < -0.3 is 10.5 Å². The zero-order chi connectivity index (χ0) is 12.2. The fourth-order valence-electron chi connectivity index (χ4n) is 0.571. The topological polar surface area (TPSA) is 43.1 Å². The molecule has 0 heterocycles. The van der Waals surface area contributed by atoms with E-state index < -0.39 is 0 Å². The first-order valence-corrected chi connectivity index (χ1v) is 4.52. The molecule has 2 N–H and O–H groups in total. The molecule has 0 aromatic heterocycles. The van der Waals surface area contributed by atoms with Crippen LogP contribution in [-0.2, 0) is 4.79 Å². The molecular weight excluding hydrogens is 195 g/mol. The average molecular weight is 217 g/mol. The summed E-state index contributed by atoms with van der Waals surface area (Å²) in [6.45, 7) is 6.27. The fourth-order valence-corrected chi connectivity index (χ4v) is 0.571. The Morgan fingerprint density at radius 2 is 1.43 bits per heavy atom. The Morgan fingerprint density at radius 3 is 1.64 bits per heavy atom. The number of hydrogen-bond acceptors (Lipinski definition) is 2. The first-order valence-electron chi connectivity index (χ1n) is 4.52. The molecule has 14 heavy (non-hydrogen) atoms. The van der Waals surface area contributed by atoms with E-state index in [1.54, 1.807) is 0 Å². The van der Waals surface area contributed by atoms with Crippen LogP contribution in [0.1, 0.15) is 39.5 Å². The monoisotopic (exact) mass is 217 g/mol. The summed E-state index contributed by atoms with van der Waals surface area (Å²) in [6.07, 6.45) is 5.16. The molecule has 90 valence electrons. The Kier molecular flexibility index (Phi) is 91.9. The van der Waals surface area contributed by atoms with Crippen LogP contribution in [0.2, 0.25) is 0 Å². The lowest BCUT2D eigenvalue weighted by Crippen LogP contribution is -1.97. The van der Waals surface area contributed by atoms with Crippen molar-refractivity contribution in [3.05, 3.63) is 0 Å². The number of unbranched alkanes of at least 4 members (excludes halogenated alkanes) is 3. The SMILES string of the molecule is C=O.CCCCCCN.CCF.FF. The number of halogens is 3. The van der Waals surface area contributed by atoms with Crippen LogP contribution in [0.5, 0.6) is 0 Å². The maximum atomic E-state index is 10.3. The lowest BCUT2D eigenvalue weighted by Gasteiger charge is -1.90. The predicted molar refractivity (Wildman–Crippen MR) is 54.2 cm³/mol. The predicted octanol–water partition coefficient (Wildman–Crippen LogP) is 3.16. The average Bonchev–Trinajstić information content (AvgIpc) is 2.26. The third-order valence-corrected chi connectivity index (χ3v) is 1.06. The lowest BCUT2D eigenvalue weighted by molar-refractivity contribution is -0.0979. The minimum absolute atomic E-state index is 0.250. The summed E-state index contributed by atoms with van der Waals surface area (Å²) in [7, 11) is 0. The highest BCUT2D eigenvalue weighted by Crippen LogP contribution is 1.95. The van der Waals surface area contributed by atoms with E-state index in [-0.39, 0.29) is 6.67 Å². The smallest absolute Gasteiger partial charge is 0.106 e. The molecule has 0 bridgehead atoms. The molecule has 0 unspecified atom stereocenters. The molecule has 0 aliphatic heterocycles. The van der Waals surface area contributed by atoms with Gasteiger partial charge in [0.25, 0.3) is 0 Å². The molecule has 0 saturated heterocycles. The Hall–Kier alpha value is -0.580. The van der Waals surface area contributed by atoms with Crippen LogP contribution < -0.4 is 5.73 Å². The molecule has 0 radical (unpaired) electrons. The van der Waals surface area contributed by atoms with Gasteiger partial charge in [0.1, 0.15) is 6.79 Å². The summed E-state index contributed by atoms with van der Waals surface area (Å²) in [6, 6.07) is 0. The van der Waals surface area contributed by atoms with E-state index in [1.807, 2.05) is 6.79 Å². The Balaban J connectivity index is -0.0000000603. The van der Waals surface area contributed by atoms with Gasteiger partial charge in [0.2, 0.25) is 0 Å². The van der Waals surface area contributed by atoms with Gasteiger partial charge in [-0.2, -0.15) is 0 Å². The van der Waals surface area contributed by atoms with Gasteiger partial charge in [0.05, 0.1) is 6.67 Å². The van der Waals surface area contributed by atoms with E-state index in [1.165, 1.54) is 32.6 Å². The van der Waals surface area contributed by atoms with Gasteiger partial charge in [-0.05, 0) is 19.9 Å². The van der Waals surface area contributed by atoms with Gasteiger partial charge in [-0.15, -0.1) is 0 Å².